The molecule has 11 heteroatoms. The molecule has 3 rings (SSSR count). The molecule has 1 aromatic heterocycles. The van der Waals surface area contributed by atoms with Gasteiger partial charge < -0.3 is 19.1 Å². The molecule has 6 nitrogen and oxygen atoms in total. The van der Waals surface area contributed by atoms with Crippen LogP contribution in [0.5, 0.6) is 11.5 Å². The van der Waals surface area contributed by atoms with E-state index in [9.17, 15) is 32.3 Å². The maximum absolute atomic E-state index is 14.3. The van der Waals surface area contributed by atoms with E-state index in [4.69, 9.17) is 21.1 Å². The van der Waals surface area contributed by atoms with Crippen molar-refractivity contribution in [3.05, 3.63) is 92.1 Å². The number of pyridine rings is 1. The second kappa shape index (κ2) is 10.5. The van der Waals surface area contributed by atoms with E-state index in [0.717, 1.165) is 29.0 Å². The number of esters is 1. The summed E-state index contributed by atoms with van der Waals surface area (Å²) in [5, 5.41) is 10.9. The van der Waals surface area contributed by atoms with Gasteiger partial charge in [-0.1, -0.05) is 24.6 Å². The quantitative estimate of drug-likeness (QED) is 0.293. The highest BCUT2D eigenvalue weighted by atomic mass is 35.5. The summed E-state index contributed by atoms with van der Waals surface area (Å²) in [6, 6.07) is 8.24. The van der Waals surface area contributed by atoms with Crippen molar-refractivity contribution in [1.82, 2.24) is 4.57 Å². The lowest BCUT2D eigenvalue weighted by Crippen LogP contribution is -2.47. The molecular formula is C26H24ClF4NO5. The predicted octanol–water partition coefficient (Wildman–Crippen LogP) is 6.01. The average Bonchev–Trinajstić information content (AvgIpc) is 2.82. The Morgan fingerprint density at radius 2 is 1.76 bits per heavy atom. The summed E-state index contributed by atoms with van der Waals surface area (Å²) < 4.78 is 68.3. The highest BCUT2D eigenvalue weighted by molar-refractivity contribution is 6.31. The number of hydrogen-bond donors (Lipinski definition) is 1. The van der Waals surface area contributed by atoms with Gasteiger partial charge in [0.2, 0.25) is 0 Å². The largest absolute Gasteiger partial charge is 0.462 e. The minimum atomic E-state index is -5.12. The summed E-state index contributed by atoms with van der Waals surface area (Å²) in [7, 11) is 1.29. The third-order valence-electron chi connectivity index (χ3n) is 5.97. The molecule has 0 aliphatic heterocycles. The zero-order valence-electron chi connectivity index (χ0n) is 20.3. The van der Waals surface area contributed by atoms with Crippen LogP contribution in [0, 0.1) is 12.7 Å². The van der Waals surface area contributed by atoms with Crippen molar-refractivity contribution in [2.24, 2.45) is 7.05 Å². The summed E-state index contributed by atoms with van der Waals surface area (Å²) in [6.07, 6.45) is -4.17. The minimum absolute atomic E-state index is 0.0335. The normalized spacial score (nSPS) is 14.1. The van der Waals surface area contributed by atoms with E-state index in [1.54, 1.807) is 6.92 Å². The van der Waals surface area contributed by atoms with Gasteiger partial charge in [0.25, 0.3) is 5.56 Å². The number of nitrogens with zero attached hydrogens (tertiary/aromatic N) is 1. The number of hydrogen-bond acceptors (Lipinski definition) is 5. The Labute approximate surface area is 215 Å². The first-order valence-corrected chi connectivity index (χ1v) is 11.5. The van der Waals surface area contributed by atoms with E-state index in [-0.39, 0.29) is 39.8 Å². The van der Waals surface area contributed by atoms with Crippen LogP contribution in [0.25, 0.3) is 0 Å². The fraction of sp³-hybridized carbons (Fsp3) is 0.308. The molecule has 2 aromatic carbocycles. The maximum Gasteiger partial charge on any atom is 0.422 e. The van der Waals surface area contributed by atoms with Crippen molar-refractivity contribution in [2.75, 3.05) is 6.61 Å². The first-order valence-electron chi connectivity index (χ1n) is 11.1. The zero-order valence-corrected chi connectivity index (χ0v) is 21.1. The summed E-state index contributed by atoms with van der Waals surface area (Å²) >= 11 is 6.32. The van der Waals surface area contributed by atoms with Gasteiger partial charge in [-0.2, -0.15) is 13.2 Å². The number of ether oxygens (including phenoxy) is 2. The summed E-state index contributed by atoms with van der Waals surface area (Å²) in [5.74, 6) is -3.13. The topological polar surface area (TPSA) is 77.8 Å². The molecule has 1 N–H and O–H groups in total. The Morgan fingerprint density at radius 3 is 2.32 bits per heavy atom. The van der Waals surface area contributed by atoms with Crippen LogP contribution in [0.4, 0.5) is 17.6 Å². The molecule has 0 unspecified atom stereocenters. The highest BCUT2D eigenvalue weighted by Crippen LogP contribution is 2.50. The predicted molar refractivity (Wildman–Crippen MR) is 129 cm³/mol. The van der Waals surface area contributed by atoms with Crippen molar-refractivity contribution in [3.63, 3.8) is 0 Å². The standard InChI is InChI=1S/C26H24ClF4NO5/c1-5-36-24(34)20-11-17(7-9-22(20)28)37-18-6-8-19(21(27)12-18)15(3)25(35,26(29,30)31)16-10-14(2)23(33)32(4)13-16/h6-13,15,35H,5H2,1-4H3/t15-,25-/m0/s1. The molecule has 2 atom stereocenters. The second-order valence-electron chi connectivity index (χ2n) is 8.46. The van der Waals surface area contributed by atoms with Gasteiger partial charge in [0.05, 0.1) is 12.2 Å². The van der Waals surface area contributed by atoms with Crippen molar-refractivity contribution >= 4 is 17.6 Å². The number of alkyl halides is 3. The smallest absolute Gasteiger partial charge is 0.422 e. The van der Waals surface area contributed by atoms with Crippen LogP contribution >= 0.6 is 11.6 Å². The third-order valence-corrected chi connectivity index (χ3v) is 6.30. The number of aromatic nitrogens is 1. The van der Waals surface area contributed by atoms with Gasteiger partial charge in [-0.15, -0.1) is 0 Å². The highest BCUT2D eigenvalue weighted by Gasteiger charge is 2.59. The van der Waals surface area contributed by atoms with Crippen LogP contribution in [-0.4, -0.2) is 28.4 Å². The van der Waals surface area contributed by atoms with Crippen molar-refractivity contribution in [1.29, 1.82) is 0 Å². The van der Waals surface area contributed by atoms with E-state index in [1.807, 2.05) is 0 Å². The summed E-state index contributed by atoms with van der Waals surface area (Å²) in [5.41, 5.74) is -4.73. The fourth-order valence-corrected chi connectivity index (χ4v) is 4.30. The SMILES string of the molecule is CCOC(=O)c1cc(Oc2ccc([C@H](C)[C@](O)(c3cc(C)c(=O)n(C)c3)C(F)(F)F)c(Cl)c2)ccc1F. The molecular weight excluding hydrogens is 518 g/mol. The first-order chi connectivity index (χ1) is 17.2. The number of aliphatic hydroxyl groups is 1. The molecule has 0 amide bonds. The van der Waals surface area contributed by atoms with Gasteiger partial charge in [0.15, 0.2) is 5.60 Å². The van der Waals surface area contributed by atoms with Gasteiger partial charge >= 0.3 is 12.1 Å². The van der Waals surface area contributed by atoms with Crippen molar-refractivity contribution in [2.45, 2.75) is 38.5 Å². The first kappa shape index (κ1) is 28.2. The molecule has 37 heavy (non-hydrogen) atoms. The van der Waals surface area contributed by atoms with Crippen LogP contribution in [0.3, 0.4) is 0 Å². The Balaban J connectivity index is 1.98. The molecule has 0 aliphatic carbocycles. The van der Waals surface area contributed by atoms with E-state index >= 15 is 0 Å². The Kier molecular flexibility index (Phi) is 8.04. The molecule has 0 saturated carbocycles. The Morgan fingerprint density at radius 1 is 1.14 bits per heavy atom. The van der Waals surface area contributed by atoms with Crippen LogP contribution < -0.4 is 10.3 Å². The number of aryl methyl sites for hydroxylation is 2. The zero-order chi connectivity index (χ0) is 27.7. The van der Waals surface area contributed by atoms with Gasteiger partial charge in [-0.25, -0.2) is 9.18 Å². The molecule has 1 heterocycles. The Bertz CT molecular complexity index is 1360. The van der Waals surface area contributed by atoms with Gasteiger partial charge in [0.1, 0.15) is 17.3 Å². The maximum atomic E-state index is 14.3. The lowest BCUT2D eigenvalue weighted by atomic mass is 9.78. The van der Waals surface area contributed by atoms with Gasteiger partial charge in [0, 0.05) is 35.3 Å². The van der Waals surface area contributed by atoms with Crippen LogP contribution in [0.15, 0.2) is 53.5 Å². The average molecular weight is 542 g/mol. The molecule has 3 aromatic rings. The molecule has 0 spiro atoms. The monoisotopic (exact) mass is 541 g/mol. The van der Waals surface area contributed by atoms with Gasteiger partial charge in [-0.3, -0.25) is 4.79 Å². The molecule has 0 saturated heterocycles. The van der Waals surface area contributed by atoms with E-state index in [2.05, 4.69) is 0 Å². The number of halogens is 5. The number of carbonyl (C=O) groups excluding carboxylic acids is 1. The van der Waals surface area contributed by atoms with Crippen LogP contribution in [0.2, 0.25) is 5.02 Å². The number of rotatable bonds is 7. The molecule has 0 fully saturated rings. The van der Waals surface area contributed by atoms with E-state index in [0.29, 0.717) is 0 Å². The summed E-state index contributed by atoms with van der Waals surface area (Å²) in [6.45, 7) is 4.14. The second-order valence-corrected chi connectivity index (χ2v) is 8.87. The lowest BCUT2D eigenvalue weighted by Gasteiger charge is -2.37. The Hall–Kier alpha value is -3.37. The third kappa shape index (κ3) is 5.50. The van der Waals surface area contributed by atoms with Crippen molar-refractivity contribution < 1.29 is 36.9 Å². The van der Waals surface area contributed by atoms with E-state index < -0.39 is 40.6 Å². The number of benzene rings is 2. The fourth-order valence-electron chi connectivity index (χ4n) is 3.96. The van der Waals surface area contributed by atoms with Crippen molar-refractivity contribution in [3.8, 4) is 11.5 Å². The molecule has 0 bridgehead atoms. The van der Waals surface area contributed by atoms with Crippen LogP contribution in [-0.2, 0) is 17.4 Å². The summed E-state index contributed by atoms with van der Waals surface area (Å²) in [4.78, 5) is 23.9. The lowest BCUT2D eigenvalue weighted by molar-refractivity contribution is -0.274. The van der Waals surface area contributed by atoms with Crippen LogP contribution in [0.1, 0.15) is 46.8 Å². The molecule has 0 aliphatic rings. The van der Waals surface area contributed by atoms with E-state index in [1.165, 1.54) is 45.2 Å². The molecule has 198 valence electrons. The molecule has 0 radical (unpaired) electrons. The van der Waals surface area contributed by atoms with Gasteiger partial charge in [-0.05, 0) is 55.8 Å². The minimum Gasteiger partial charge on any atom is -0.462 e. The number of carbonyl (C=O) groups is 1.